The van der Waals surface area contributed by atoms with Gasteiger partial charge in [-0.1, -0.05) is 31.1 Å². The quantitative estimate of drug-likeness (QED) is 0.574. The molecule has 0 aliphatic carbocycles. The zero-order valence-corrected chi connectivity index (χ0v) is 17.7. The molecule has 0 N–H and O–H groups in total. The van der Waals surface area contributed by atoms with Crippen molar-refractivity contribution >= 4 is 9.84 Å². The van der Waals surface area contributed by atoms with Crippen molar-refractivity contribution in [3.8, 4) is 11.6 Å². The number of rotatable bonds is 4. The molecule has 1 aromatic carbocycles. The summed E-state index contributed by atoms with van der Waals surface area (Å²) in [6.07, 6.45) is -4.57. The molecular formula is C19H20F3N3O4S. The molecule has 2 heterocycles. The van der Waals surface area contributed by atoms with E-state index in [1.807, 2.05) is 20.8 Å². The van der Waals surface area contributed by atoms with Gasteiger partial charge in [-0.3, -0.25) is 0 Å². The van der Waals surface area contributed by atoms with Gasteiger partial charge in [-0.05, 0) is 38.1 Å². The lowest BCUT2D eigenvalue weighted by atomic mass is 9.92. The van der Waals surface area contributed by atoms with E-state index in [1.54, 1.807) is 6.07 Å². The molecule has 0 aliphatic rings. The number of aromatic nitrogens is 3. The van der Waals surface area contributed by atoms with Crippen LogP contribution in [0.1, 0.15) is 51.8 Å². The molecule has 0 unspecified atom stereocenters. The third-order valence-electron chi connectivity index (χ3n) is 4.60. The summed E-state index contributed by atoms with van der Waals surface area (Å²) in [6, 6.07) is 4.87. The van der Waals surface area contributed by atoms with E-state index in [0.717, 1.165) is 12.1 Å². The van der Waals surface area contributed by atoms with Crippen molar-refractivity contribution in [1.82, 2.24) is 15.3 Å². The number of nitrogens with zero attached hydrogens (tertiary/aromatic N) is 3. The maximum absolute atomic E-state index is 13.1. The van der Waals surface area contributed by atoms with Crippen LogP contribution in [0.5, 0.6) is 0 Å². The Morgan fingerprint density at radius 1 is 0.900 bits per heavy atom. The number of benzene rings is 1. The number of halogens is 3. The molecule has 2 aromatic heterocycles. The Morgan fingerprint density at radius 3 is 2.00 bits per heavy atom. The molecule has 7 nitrogen and oxygen atoms in total. The predicted molar refractivity (Wildman–Crippen MR) is 100 cm³/mol. The van der Waals surface area contributed by atoms with Gasteiger partial charge >= 0.3 is 6.18 Å². The molecule has 0 saturated carbocycles. The van der Waals surface area contributed by atoms with Crippen molar-refractivity contribution in [2.75, 3.05) is 0 Å². The fraction of sp³-hybridized carbons (Fsp3) is 0.421. The Labute approximate surface area is 171 Å². The van der Waals surface area contributed by atoms with Gasteiger partial charge in [0, 0.05) is 11.5 Å². The monoisotopic (exact) mass is 443 g/mol. The van der Waals surface area contributed by atoms with Gasteiger partial charge in [0.2, 0.25) is 17.5 Å². The Morgan fingerprint density at radius 2 is 1.50 bits per heavy atom. The van der Waals surface area contributed by atoms with Gasteiger partial charge in [0.1, 0.15) is 4.75 Å². The highest BCUT2D eigenvalue weighted by atomic mass is 32.2. The number of sulfone groups is 1. The molecule has 30 heavy (non-hydrogen) atoms. The molecule has 0 fully saturated rings. The summed E-state index contributed by atoms with van der Waals surface area (Å²) in [7, 11) is -4.15. The first-order valence-electron chi connectivity index (χ1n) is 8.88. The van der Waals surface area contributed by atoms with Crippen LogP contribution in [0.25, 0.3) is 11.6 Å². The first-order valence-corrected chi connectivity index (χ1v) is 10.4. The zero-order valence-electron chi connectivity index (χ0n) is 16.9. The smallest absolute Gasteiger partial charge is 0.352 e. The Kier molecular flexibility index (Phi) is 5.08. The average molecular weight is 443 g/mol. The molecule has 0 radical (unpaired) electrons. The lowest BCUT2D eigenvalue weighted by Crippen LogP contribution is -2.30. The summed E-state index contributed by atoms with van der Waals surface area (Å²) < 4.78 is 73.1. The molecule has 0 bridgehead atoms. The summed E-state index contributed by atoms with van der Waals surface area (Å²) >= 11 is 0. The molecule has 3 rings (SSSR count). The molecular weight excluding hydrogens is 423 g/mol. The second-order valence-electron chi connectivity index (χ2n) is 8.29. The van der Waals surface area contributed by atoms with E-state index < -0.39 is 26.3 Å². The van der Waals surface area contributed by atoms with Crippen LogP contribution < -0.4 is 0 Å². The number of alkyl halides is 3. The lowest BCUT2D eigenvalue weighted by molar-refractivity contribution is -0.137. The predicted octanol–water partition coefficient (Wildman–Crippen LogP) is 4.75. The minimum atomic E-state index is -4.57. The second kappa shape index (κ2) is 6.93. The van der Waals surface area contributed by atoms with Crippen LogP contribution >= 0.6 is 0 Å². The first kappa shape index (κ1) is 22.0. The van der Waals surface area contributed by atoms with E-state index in [1.165, 1.54) is 13.8 Å². The SMILES string of the molecule is CC(C)(C)c1cc(-c2noc(C(C)(C)S(=O)(=O)c3ccc(C(F)(F)F)cc3)n2)on1. The minimum absolute atomic E-state index is 0.0173. The highest BCUT2D eigenvalue weighted by molar-refractivity contribution is 7.92. The van der Waals surface area contributed by atoms with E-state index in [-0.39, 0.29) is 27.8 Å². The lowest BCUT2D eigenvalue weighted by Gasteiger charge is -2.20. The maximum Gasteiger partial charge on any atom is 0.416 e. The third-order valence-corrected chi connectivity index (χ3v) is 7.01. The van der Waals surface area contributed by atoms with Crippen molar-refractivity contribution < 1.29 is 30.6 Å². The van der Waals surface area contributed by atoms with Crippen molar-refractivity contribution in [3.63, 3.8) is 0 Å². The van der Waals surface area contributed by atoms with Gasteiger partial charge < -0.3 is 9.05 Å². The Bertz CT molecular complexity index is 1150. The van der Waals surface area contributed by atoms with Crippen LogP contribution in [-0.2, 0) is 26.2 Å². The first-order chi connectivity index (χ1) is 13.6. The molecule has 0 atom stereocenters. The summed E-state index contributed by atoms with van der Waals surface area (Å²) in [4.78, 5) is 3.83. The molecule has 162 valence electrons. The van der Waals surface area contributed by atoms with Gasteiger partial charge in [0.05, 0.1) is 16.2 Å². The highest BCUT2D eigenvalue weighted by Crippen LogP contribution is 2.37. The van der Waals surface area contributed by atoms with Crippen LogP contribution in [0.15, 0.2) is 44.3 Å². The summed E-state index contributed by atoms with van der Waals surface area (Å²) in [5.41, 5.74) is -0.570. The molecule has 3 aromatic rings. The van der Waals surface area contributed by atoms with Crippen LogP contribution in [-0.4, -0.2) is 23.7 Å². The summed E-state index contributed by atoms with van der Waals surface area (Å²) in [6.45, 7) is 8.48. The van der Waals surface area contributed by atoms with Gasteiger partial charge in [-0.25, -0.2) is 8.42 Å². The number of hydrogen-bond donors (Lipinski definition) is 0. The Hall–Kier alpha value is -2.69. The normalized spacial score (nSPS) is 13.6. The third kappa shape index (κ3) is 3.85. The molecule has 0 amide bonds. The van der Waals surface area contributed by atoms with Gasteiger partial charge in [-0.15, -0.1) is 0 Å². The van der Waals surface area contributed by atoms with Crippen molar-refractivity contribution in [2.45, 2.75) is 55.9 Å². The minimum Gasteiger partial charge on any atom is -0.352 e. The average Bonchev–Trinajstić information content (AvgIpc) is 3.30. The fourth-order valence-electron chi connectivity index (χ4n) is 2.53. The van der Waals surface area contributed by atoms with Crippen molar-refractivity contribution in [2.24, 2.45) is 0 Å². The molecule has 11 heteroatoms. The van der Waals surface area contributed by atoms with E-state index in [9.17, 15) is 21.6 Å². The van der Waals surface area contributed by atoms with Crippen LogP contribution in [0.4, 0.5) is 13.2 Å². The zero-order chi connectivity index (χ0) is 22.5. The van der Waals surface area contributed by atoms with Gasteiger partial charge in [0.25, 0.3) is 0 Å². The molecule has 0 aliphatic heterocycles. The van der Waals surface area contributed by atoms with E-state index in [4.69, 9.17) is 9.05 Å². The maximum atomic E-state index is 13.1. The standard InChI is InChI=1S/C19H20F3N3O4S/c1-17(2,3)14-10-13(28-24-14)15-23-16(29-25-15)18(4,5)30(26,27)12-8-6-11(7-9-12)19(20,21)22/h6-10H,1-5H3. The van der Waals surface area contributed by atoms with E-state index in [2.05, 4.69) is 15.3 Å². The van der Waals surface area contributed by atoms with Crippen molar-refractivity contribution in [1.29, 1.82) is 0 Å². The van der Waals surface area contributed by atoms with E-state index >= 15 is 0 Å². The topological polar surface area (TPSA) is 99.1 Å². The second-order valence-corrected chi connectivity index (χ2v) is 10.8. The number of hydrogen-bond acceptors (Lipinski definition) is 7. The summed E-state index contributed by atoms with van der Waals surface area (Å²) in [5, 5.41) is 7.72. The Balaban J connectivity index is 1.94. The fourth-order valence-corrected chi connectivity index (χ4v) is 3.93. The molecule has 0 saturated heterocycles. The van der Waals surface area contributed by atoms with Crippen LogP contribution in [0, 0.1) is 0 Å². The highest BCUT2D eigenvalue weighted by Gasteiger charge is 2.43. The summed E-state index contributed by atoms with van der Waals surface area (Å²) in [5.74, 6) is -0.00699. The van der Waals surface area contributed by atoms with Crippen LogP contribution in [0.3, 0.4) is 0 Å². The van der Waals surface area contributed by atoms with Crippen LogP contribution in [0.2, 0.25) is 0 Å². The van der Waals surface area contributed by atoms with Crippen molar-refractivity contribution in [3.05, 3.63) is 47.5 Å². The van der Waals surface area contributed by atoms with Gasteiger partial charge in [0.15, 0.2) is 9.84 Å². The largest absolute Gasteiger partial charge is 0.416 e. The molecule has 0 spiro atoms. The van der Waals surface area contributed by atoms with E-state index in [0.29, 0.717) is 17.8 Å². The van der Waals surface area contributed by atoms with Gasteiger partial charge in [-0.2, -0.15) is 18.2 Å².